The number of aryl methyl sites for hydroxylation is 1. The Labute approximate surface area is 125 Å². The van der Waals surface area contributed by atoms with Crippen molar-refractivity contribution in [2.45, 2.75) is 18.9 Å². The fourth-order valence-electron chi connectivity index (χ4n) is 2.20. The van der Waals surface area contributed by atoms with Crippen molar-refractivity contribution in [3.63, 3.8) is 0 Å². The van der Waals surface area contributed by atoms with Gasteiger partial charge in [0.25, 0.3) is 0 Å². The largest absolute Gasteiger partial charge is 0.497 e. The van der Waals surface area contributed by atoms with E-state index in [2.05, 4.69) is 27.4 Å². The molecular formula is C16H21N3O2. The Morgan fingerprint density at radius 1 is 1.10 bits per heavy atom. The van der Waals surface area contributed by atoms with Gasteiger partial charge in [-0.3, -0.25) is 0 Å². The highest BCUT2D eigenvalue weighted by Gasteiger charge is 2.12. The number of nitrogens with zero attached hydrogens (tertiary/aromatic N) is 2. The molecule has 0 aliphatic carbocycles. The van der Waals surface area contributed by atoms with Crippen LogP contribution in [0.25, 0.3) is 0 Å². The van der Waals surface area contributed by atoms with Gasteiger partial charge in [0.2, 0.25) is 5.88 Å². The van der Waals surface area contributed by atoms with Crippen LogP contribution in [-0.2, 0) is 6.42 Å². The minimum absolute atomic E-state index is 0.170. The van der Waals surface area contributed by atoms with Crippen LogP contribution in [0.5, 0.6) is 11.6 Å². The molecule has 0 spiro atoms. The zero-order chi connectivity index (χ0) is 15.1. The van der Waals surface area contributed by atoms with Crippen molar-refractivity contribution >= 4 is 0 Å². The van der Waals surface area contributed by atoms with Gasteiger partial charge in [0.05, 0.1) is 19.9 Å². The minimum Gasteiger partial charge on any atom is -0.497 e. The molecule has 0 saturated carbocycles. The number of hydrogen-bond donors (Lipinski definition) is 1. The predicted octanol–water partition coefficient (Wildman–Crippen LogP) is 2.39. The Hall–Kier alpha value is -2.14. The summed E-state index contributed by atoms with van der Waals surface area (Å²) in [4.78, 5) is 8.36. The molecule has 0 saturated heterocycles. The molecule has 5 nitrogen and oxygen atoms in total. The number of rotatable bonds is 7. The summed E-state index contributed by atoms with van der Waals surface area (Å²) in [6.45, 7) is 0. The van der Waals surface area contributed by atoms with Crippen LogP contribution in [0, 0.1) is 0 Å². The summed E-state index contributed by atoms with van der Waals surface area (Å²) in [6, 6.07) is 10.2. The highest BCUT2D eigenvalue weighted by atomic mass is 16.5. The maximum atomic E-state index is 5.17. The monoisotopic (exact) mass is 287 g/mol. The Morgan fingerprint density at radius 2 is 1.86 bits per heavy atom. The van der Waals surface area contributed by atoms with Crippen LogP contribution in [0.15, 0.2) is 36.7 Å². The third kappa shape index (κ3) is 4.16. The molecule has 21 heavy (non-hydrogen) atoms. The fraction of sp³-hybridized carbons (Fsp3) is 0.375. The second kappa shape index (κ2) is 7.59. The topological polar surface area (TPSA) is 56.3 Å². The van der Waals surface area contributed by atoms with Crippen LogP contribution < -0.4 is 14.8 Å². The van der Waals surface area contributed by atoms with E-state index >= 15 is 0 Å². The number of methoxy groups -OCH3 is 2. The molecule has 0 aliphatic heterocycles. The van der Waals surface area contributed by atoms with E-state index in [1.165, 1.54) is 11.9 Å². The van der Waals surface area contributed by atoms with Crippen LogP contribution in [0.4, 0.5) is 0 Å². The first-order chi connectivity index (χ1) is 10.3. The first-order valence-corrected chi connectivity index (χ1v) is 6.93. The van der Waals surface area contributed by atoms with Crippen LogP contribution in [0.1, 0.15) is 23.7 Å². The molecule has 1 aromatic carbocycles. The molecule has 0 radical (unpaired) electrons. The lowest BCUT2D eigenvalue weighted by Crippen LogP contribution is -2.18. The second-order valence-corrected chi connectivity index (χ2v) is 4.71. The number of ether oxygens (including phenoxy) is 2. The molecule has 1 unspecified atom stereocenters. The molecule has 5 heteroatoms. The van der Waals surface area contributed by atoms with Gasteiger partial charge in [0.15, 0.2) is 0 Å². The SMILES string of the molecule is CNC(CCc1ccc(OC)cc1)c1cc(OC)ncn1. The van der Waals surface area contributed by atoms with E-state index in [-0.39, 0.29) is 6.04 Å². The minimum atomic E-state index is 0.170. The predicted molar refractivity (Wildman–Crippen MR) is 81.7 cm³/mol. The van der Waals surface area contributed by atoms with E-state index in [4.69, 9.17) is 9.47 Å². The molecule has 0 amide bonds. The zero-order valence-corrected chi connectivity index (χ0v) is 12.7. The molecule has 2 aromatic rings. The molecule has 1 atom stereocenters. The van der Waals surface area contributed by atoms with Gasteiger partial charge in [-0.15, -0.1) is 0 Å². The van der Waals surface area contributed by atoms with E-state index in [1.807, 2.05) is 25.2 Å². The van der Waals surface area contributed by atoms with Gasteiger partial charge in [0, 0.05) is 12.1 Å². The summed E-state index contributed by atoms with van der Waals surface area (Å²) in [6.07, 6.45) is 3.44. The maximum absolute atomic E-state index is 5.17. The quantitative estimate of drug-likeness (QED) is 0.847. The van der Waals surface area contributed by atoms with E-state index in [9.17, 15) is 0 Å². The molecule has 0 bridgehead atoms. The second-order valence-electron chi connectivity index (χ2n) is 4.71. The Balaban J connectivity index is 2.01. The third-order valence-electron chi connectivity index (χ3n) is 3.46. The molecule has 0 aliphatic rings. The highest BCUT2D eigenvalue weighted by molar-refractivity contribution is 5.27. The summed E-state index contributed by atoms with van der Waals surface area (Å²) in [7, 11) is 5.22. The van der Waals surface area contributed by atoms with Gasteiger partial charge in [-0.1, -0.05) is 12.1 Å². The Kier molecular flexibility index (Phi) is 5.51. The van der Waals surface area contributed by atoms with Crippen LogP contribution in [0.2, 0.25) is 0 Å². The van der Waals surface area contributed by atoms with Crippen molar-refractivity contribution in [3.8, 4) is 11.6 Å². The van der Waals surface area contributed by atoms with Crippen molar-refractivity contribution in [1.29, 1.82) is 0 Å². The molecular weight excluding hydrogens is 266 g/mol. The average molecular weight is 287 g/mol. The standard InChI is InChI=1S/C16H21N3O2/c1-17-14(15-10-16(21-3)19-11-18-15)9-6-12-4-7-13(20-2)8-5-12/h4-5,7-8,10-11,14,17H,6,9H2,1-3H3. The molecule has 2 rings (SSSR count). The van der Waals surface area contributed by atoms with Crippen molar-refractivity contribution < 1.29 is 9.47 Å². The van der Waals surface area contributed by atoms with E-state index < -0.39 is 0 Å². The van der Waals surface area contributed by atoms with Gasteiger partial charge < -0.3 is 14.8 Å². The lowest BCUT2D eigenvalue weighted by atomic mass is 10.0. The summed E-state index contributed by atoms with van der Waals surface area (Å²) in [5, 5.41) is 3.29. The molecule has 0 fully saturated rings. The molecule has 112 valence electrons. The van der Waals surface area contributed by atoms with Crippen molar-refractivity contribution in [2.75, 3.05) is 21.3 Å². The number of hydrogen-bond acceptors (Lipinski definition) is 5. The van der Waals surface area contributed by atoms with E-state index in [0.717, 1.165) is 24.3 Å². The number of nitrogens with one attached hydrogen (secondary N) is 1. The van der Waals surface area contributed by atoms with Crippen LogP contribution in [0.3, 0.4) is 0 Å². The summed E-state index contributed by atoms with van der Waals surface area (Å²) in [5.41, 5.74) is 2.22. The summed E-state index contributed by atoms with van der Waals surface area (Å²) >= 11 is 0. The van der Waals surface area contributed by atoms with Gasteiger partial charge in [0.1, 0.15) is 12.1 Å². The third-order valence-corrected chi connectivity index (χ3v) is 3.46. The van der Waals surface area contributed by atoms with Crippen molar-refractivity contribution in [2.24, 2.45) is 0 Å². The molecule has 1 heterocycles. The fourth-order valence-corrected chi connectivity index (χ4v) is 2.20. The number of aromatic nitrogens is 2. The molecule has 1 aromatic heterocycles. The average Bonchev–Trinajstić information content (AvgIpc) is 2.56. The Morgan fingerprint density at radius 3 is 2.48 bits per heavy atom. The van der Waals surface area contributed by atoms with Gasteiger partial charge in [-0.2, -0.15) is 0 Å². The first-order valence-electron chi connectivity index (χ1n) is 6.93. The lowest BCUT2D eigenvalue weighted by molar-refractivity contribution is 0.393. The highest BCUT2D eigenvalue weighted by Crippen LogP contribution is 2.20. The Bertz CT molecular complexity index is 558. The van der Waals surface area contributed by atoms with Crippen LogP contribution >= 0.6 is 0 Å². The first kappa shape index (κ1) is 15.3. The molecule has 1 N–H and O–H groups in total. The van der Waals surface area contributed by atoms with Gasteiger partial charge in [-0.25, -0.2) is 9.97 Å². The smallest absolute Gasteiger partial charge is 0.216 e. The van der Waals surface area contributed by atoms with Gasteiger partial charge >= 0.3 is 0 Å². The normalized spacial score (nSPS) is 12.0. The van der Waals surface area contributed by atoms with Crippen LogP contribution in [-0.4, -0.2) is 31.2 Å². The number of benzene rings is 1. The maximum Gasteiger partial charge on any atom is 0.216 e. The van der Waals surface area contributed by atoms with Crippen molar-refractivity contribution in [3.05, 3.63) is 47.9 Å². The van der Waals surface area contributed by atoms with Crippen molar-refractivity contribution in [1.82, 2.24) is 15.3 Å². The van der Waals surface area contributed by atoms with E-state index in [1.54, 1.807) is 14.2 Å². The zero-order valence-electron chi connectivity index (χ0n) is 12.7. The van der Waals surface area contributed by atoms with E-state index in [0.29, 0.717) is 5.88 Å². The van der Waals surface area contributed by atoms with Gasteiger partial charge in [-0.05, 0) is 37.6 Å². The summed E-state index contributed by atoms with van der Waals surface area (Å²) in [5.74, 6) is 1.47. The lowest BCUT2D eigenvalue weighted by Gasteiger charge is -2.16. The summed E-state index contributed by atoms with van der Waals surface area (Å²) < 4.78 is 10.3.